The van der Waals surface area contributed by atoms with Crippen molar-refractivity contribution in [1.82, 2.24) is 9.03 Å². The van der Waals surface area contributed by atoms with Crippen LogP contribution in [-0.2, 0) is 31.6 Å². The number of anilines is 1. The third kappa shape index (κ3) is 5.64. The Hall–Kier alpha value is -2.79. The molecule has 3 aromatic carbocycles. The van der Waals surface area contributed by atoms with Crippen LogP contribution in [0.5, 0.6) is 0 Å². The van der Waals surface area contributed by atoms with E-state index < -0.39 is 33.0 Å². The van der Waals surface area contributed by atoms with Crippen LogP contribution in [0.1, 0.15) is 12.5 Å². The molecule has 1 fully saturated rings. The van der Waals surface area contributed by atoms with Gasteiger partial charge in [0, 0.05) is 36.8 Å². The predicted molar refractivity (Wildman–Crippen MR) is 133 cm³/mol. The van der Waals surface area contributed by atoms with Gasteiger partial charge in [-0.2, -0.15) is 17.4 Å². The maximum Gasteiger partial charge on any atom is 0.321 e. The number of piperazine rings is 1. The largest absolute Gasteiger partial charge is 0.480 e. The number of nitrogens with zero attached hydrogens (tertiary/aromatic N) is 2. The average Bonchev–Trinajstić information content (AvgIpc) is 2.84. The summed E-state index contributed by atoms with van der Waals surface area (Å²) in [6, 6.07) is 20.5. The van der Waals surface area contributed by atoms with Crippen LogP contribution in [0.4, 0.5) is 5.69 Å². The Morgan fingerprint density at radius 1 is 1.00 bits per heavy atom. The third-order valence-corrected chi connectivity index (χ3v) is 8.94. The van der Waals surface area contributed by atoms with Gasteiger partial charge >= 0.3 is 5.97 Å². The highest BCUT2D eigenvalue weighted by Gasteiger charge is 2.29. The summed E-state index contributed by atoms with van der Waals surface area (Å²) in [5.41, 5.74) is 1.94. The van der Waals surface area contributed by atoms with Crippen LogP contribution in [-0.4, -0.2) is 60.2 Å². The van der Waals surface area contributed by atoms with Gasteiger partial charge in [-0.25, -0.2) is 0 Å². The molecular weight excluding hydrogens is 474 g/mol. The van der Waals surface area contributed by atoms with Crippen molar-refractivity contribution in [2.24, 2.45) is 0 Å². The van der Waals surface area contributed by atoms with Gasteiger partial charge in [0.15, 0.2) is 0 Å². The standard InChI is InChI=1S/C24H27N3O5S2/c1-18(24(28)29)25-34(31,32)27-14-12-26(13-15-27)22-8-10-23(11-9-22)33(30)17-19-6-7-20-4-2-3-5-21(20)16-19/h2-11,16,18,25H,12-15,17H2,1H3,(H,28,29)/t18?,33-/m1/s1. The van der Waals surface area contributed by atoms with Crippen LogP contribution in [0.2, 0.25) is 0 Å². The average molecular weight is 502 g/mol. The minimum atomic E-state index is -3.86. The molecular formula is C24H27N3O5S2. The van der Waals surface area contributed by atoms with Crippen molar-refractivity contribution in [2.45, 2.75) is 23.6 Å². The number of nitrogens with one attached hydrogen (secondary N) is 1. The fraction of sp³-hybridized carbons (Fsp3) is 0.292. The Labute approximate surface area is 201 Å². The third-order valence-electron chi connectivity index (χ3n) is 5.85. The van der Waals surface area contributed by atoms with Crippen LogP contribution < -0.4 is 9.62 Å². The fourth-order valence-electron chi connectivity index (χ4n) is 3.91. The molecule has 2 atom stereocenters. The van der Waals surface area contributed by atoms with E-state index in [-0.39, 0.29) is 13.1 Å². The van der Waals surface area contributed by atoms with Gasteiger partial charge in [0.05, 0.1) is 16.6 Å². The molecule has 0 aliphatic carbocycles. The van der Waals surface area contributed by atoms with Crippen LogP contribution in [0.3, 0.4) is 0 Å². The highest BCUT2D eigenvalue weighted by atomic mass is 32.2. The fourth-order valence-corrected chi connectivity index (χ4v) is 6.34. The number of carbonyl (C=O) groups is 1. The topological polar surface area (TPSA) is 107 Å². The minimum Gasteiger partial charge on any atom is -0.480 e. The lowest BCUT2D eigenvalue weighted by molar-refractivity contribution is -0.138. The summed E-state index contributed by atoms with van der Waals surface area (Å²) in [5.74, 6) is -0.789. The maximum absolute atomic E-state index is 12.9. The molecule has 0 saturated carbocycles. The van der Waals surface area contributed by atoms with Crippen LogP contribution in [0, 0.1) is 0 Å². The summed E-state index contributed by atoms with van der Waals surface area (Å²) in [6.45, 7) is 2.74. The molecule has 3 aromatic rings. The van der Waals surface area contributed by atoms with Crippen molar-refractivity contribution >= 4 is 43.4 Å². The quantitative estimate of drug-likeness (QED) is 0.491. The van der Waals surface area contributed by atoms with Gasteiger partial charge in [0.25, 0.3) is 10.2 Å². The Morgan fingerprint density at radius 2 is 1.65 bits per heavy atom. The number of benzene rings is 3. The molecule has 34 heavy (non-hydrogen) atoms. The second-order valence-electron chi connectivity index (χ2n) is 8.23. The van der Waals surface area contributed by atoms with E-state index in [1.165, 1.54) is 11.2 Å². The highest BCUT2D eigenvalue weighted by molar-refractivity contribution is 7.87. The second-order valence-corrected chi connectivity index (χ2v) is 11.4. The number of hydrogen-bond acceptors (Lipinski definition) is 5. The number of aliphatic carboxylic acids is 1. The normalized spacial score (nSPS) is 16.9. The van der Waals surface area contributed by atoms with Gasteiger partial charge in [0.2, 0.25) is 0 Å². The van der Waals surface area contributed by atoms with Crippen molar-refractivity contribution in [2.75, 3.05) is 31.1 Å². The Balaban J connectivity index is 1.35. The van der Waals surface area contributed by atoms with Crippen molar-refractivity contribution < 1.29 is 22.5 Å². The lowest BCUT2D eigenvalue weighted by Gasteiger charge is -2.35. The number of hydrogen-bond donors (Lipinski definition) is 2. The van der Waals surface area contributed by atoms with Gasteiger partial charge < -0.3 is 10.0 Å². The van der Waals surface area contributed by atoms with E-state index >= 15 is 0 Å². The maximum atomic E-state index is 12.9. The molecule has 0 radical (unpaired) electrons. The van der Waals surface area contributed by atoms with Crippen molar-refractivity contribution in [3.63, 3.8) is 0 Å². The van der Waals surface area contributed by atoms with E-state index in [2.05, 4.69) is 21.8 Å². The first-order valence-corrected chi connectivity index (χ1v) is 13.7. The molecule has 1 aliphatic heterocycles. The Bertz CT molecular complexity index is 1300. The van der Waals surface area contributed by atoms with Crippen LogP contribution >= 0.6 is 0 Å². The molecule has 0 amide bonds. The Kier molecular flexibility index (Phi) is 7.32. The van der Waals surface area contributed by atoms with E-state index in [4.69, 9.17) is 5.11 Å². The molecule has 10 heteroatoms. The zero-order chi connectivity index (χ0) is 24.3. The molecule has 0 aromatic heterocycles. The molecule has 4 rings (SSSR count). The minimum absolute atomic E-state index is 0.247. The molecule has 1 unspecified atom stereocenters. The molecule has 8 nitrogen and oxygen atoms in total. The van der Waals surface area contributed by atoms with E-state index in [1.54, 1.807) is 0 Å². The molecule has 1 heterocycles. The van der Waals surface area contributed by atoms with Crippen molar-refractivity contribution in [1.29, 1.82) is 0 Å². The van der Waals surface area contributed by atoms with Gasteiger partial charge in [-0.1, -0.05) is 42.5 Å². The molecule has 0 bridgehead atoms. The zero-order valence-electron chi connectivity index (χ0n) is 18.8. The zero-order valence-corrected chi connectivity index (χ0v) is 20.4. The lowest BCUT2D eigenvalue weighted by Crippen LogP contribution is -2.54. The number of carboxylic acids is 1. The number of fused-ring (bicyclic) bond motifs is 1. The summed E-state index contributed by atoms with van der Waals surface area (Å²) in [4.78, 5) is 13.8. The van der Waals surface area contributed by atoms with E-state index in [0.29, 0.717) is 18.8 Å². The second kappa shape index (κ2) is 10.2. The van der Waals surface area contributed by atoms with E-state index in [1.807, 2.05) is 54.6 Å². The van der Waals surface area contributed by atoms with E-state index in [0.717, 1.165) is 26.9 Å². The summed E-state index contributed by atoms with van der Waals surface area (Å²) in [5, 5.41) is 11.2. The van der Waals surface area contributed by atoms with Gasteiger partial charge in [-0.05, 0) is 47.5 Å². The van der Waals surface area contributed by atoms with Crippen molar-refractivity contribution in [3.8, 4) is 0 Å². The Morgan fingerprint density at radius 3 is 2.29 bits per heavy atom. The summed E-state index contributed by atoms with van der Waals surface area (Å²) >= 11 is 0. The molecule has 0 spiro atoms. The van der Waals surface area contributed by atoms with Crippen LogP contribution in [0.25, 0.3) is 10.8 Å². The number of carboxylic acid groups (broad SMARTS) is 1. The molecule has 180 valence electrons. The first-order chi connectivity index (χ1) is 16.2. The number of rotatable bonds is 8. The molecule has 2 N–H and O–H groups in total. The summed E-state index contributed by atoms with van der Waals surface area (Å²) in [7, 11) is -5.04. The van der Waals surface area contributed by atoms with Gasteiger partial charge in [-0.3, -0.25) is 9.00 Å². The SMILES string of the molecule is CC(NS(=O)(=O)N1CCN(c2ccc([S@](=O)Cc3ccc4ccccc4c3)cc2)CC1)C(=O)O. The monoisotopic (exact) mass is 501 g/mol. The highest BCUT2D eigenvalue weighted by Crippen LogP contribution is 2.22. The van der Waals surface area contributed by atoms with Gasteiger partial charge in [0.1, 0.15) is 6.04 Å². The first kappa shape index (κ1) is 24.3. The molecule has 1 aliphatic rings. The first-order valence-electron chi connectivity index (χ1n) is 10.9. The van der Waals surface area contributed by atoms with Gasteiger partial charge in [-0.15, -0.1) is 0 Å². The smallest absolute Gasteiger partial charge is 0.321 e. The summed E-state index contributed by atoms with van der Waals surface area (Å²) < 4.78 is 41.1. The van der Waals surface area contributed by atoms with E-state index in [9.17, 15) is 17.4 Å². The van der Waals surface area contributed by atoms with Crippen molar-refractivity contribution in [3.05, 3.63) is 72.3 Å². The lowest BCUT2D eigenvalue weighted by atomic mass is 10.1. The summed E-state index contributed by atoms with van der Waals surface area (Å²) in [6.07, 6.45) is 0. The van der Waals surface area contributed by atoms with Crippen LogP contribution in [0.15, 0.2) is 71.6 Å². The molecule has 1 saturated heterocycles. The predicted octanol–water partition coefficient (Wildman–Crippen LogP) is 2.58.